The molecule has 3 rings (SSSR count). The third-order valence-electron chi connectivity index (χ3n) is 4.05. The molecule has 1 aromatic heterocycles. The number of benzene rings is 1. The topological polar surface area (TPSA) is 76.0 Å². The maximum absolute atomic E-state index is 12.0. The van der Waals surface area contributed by atoms with Gasteiger partial charge in [0, 0.05) is 17.3 Å². The molecule has 1 heterocycles. The fourth-order valence-electron chi connectivity index (χ4n) is 2.92. The van der Waals surface area contributed by atoms with Crippen molar-refractivity contribution in [2.45, 2.75) is 25.7 Å². The van der Waals surface area contributed by atoms with Crippen molar-refractivity contribution in [2.24, 2.45) is 5.73 Å². The van der Waals surface area contributed by atoms with Crippen LogP contribution in [0.4, 0.5) is 0 Å². The van der Waals surface area contributed by atoms with Gasteiger partial charge in [0.1, 0.15) is 0 Å². The fourth-order valence-corrected chi connectivity index (χ4v) is 2.92. The minimum Gasteiger partial charge on any atom is -0.366 e. The predicted molar refractivity (Wildman–Crippen MR) is 87.5 cm³/mol. The van der Waals surface area contributed by atoms with Crippen LogP contribution in [0, 0.1) is 0 Å². The zero-order valence-electron chi connectivity index (χ0n) is 12.3. The molecule has 1 aromatic carbocycles. The monoisotopic (exact) mass is 294 g/mol. The molecule has 0 bridgehead atoms. The molecular formula is C18H18N2O2. The molecule has 1 aliphatic carbocycles. The summed E-state index contributed by atoms with van der Waals surface area (Å²) in [5.74, 6) is -0.435. The second-order valence-electron chi connectivity index (χ2n) is 5.51. The minimum atomic E-state index is -0.435. The number of allylic oxidation sites excluding steroid dienone is 2. The number of amides is 1. The highest BCUT2D eigenvalue weighted by molar-refractivity contribution is 5.99. The van der Waals surface area contributed by atoms with Crippen LogP contribution in [-0.2, 0) is 0 Å². The lowest BCUT2D eigenvalue weighted by Gasteiger charge is -2.16. The molecule has 4 heteroatoms. The highest BCUT2D eigenvalue weighted by Crippen LogP contribution is 2.31. The van der Waals surface area contributed by atoms with Crippen LogP contribution in [0.5, 0.6) is 0 Å². The SMILES string of the molecule is NC(=O)c1ccc(-c2ccc[nH]c2=O)cc1C1=CCCCC1. The molecule has 2 aromatic rings. The Bertz CT molecular complexity index is 803. The van der Waals surface area contributed by atoms with Crippen LogP contribution in [0.2, 0.25) is 0 Å². The van der Waals surface area contributed by atoms with Crippen LogP contribution in [-0.4, -0.2) is 10.9 Å². The van der Waals surface area contributed by atoms with E-state index in [1.54, 1.807) is 30.5 Å². The first-order valence-corrected chi connectivity index (χ1v) is 7.48. The molecule has 0 radical (unpaired) electrons. The third kappa shape index (κ3) is 2.72. The normalized spacial score (nSPS) is 14.5. The average molecular weight is 294 g/mol. The van der Waals surface area contributed by atoms with Crippen molar-refractivity contribution in [1.82, 2.24) is 4.98 Å². The molecule has 112 valence electrons. The largest absolute Gasteiger partial charge is 0.366 e. The van der Waals surface area contributed by atoms with Gasteiger partial charge >= 0.3 is 0 Å². The molecule has 1 aliphatic rings. The van der Waals surface area contributed by atoms with E-state index in [2.05, 4.69) is 11.1 Å². The average Bonchev–Trinajstić information content (AvgIpc) is 2.55. The summed E-state index contributed by atoms with van der Waals surface area (Å²) in [6.07, 6.45) is 8.02. The molecule has 3 N–H and O–H groups in total. The van der Waals surface area contributed by atoms with Gasteiger partial charge in [-0.1, -0.05) is 12.1 Å². The van der Waals surface area contributed by atoms with Gasteiger partial charge in [0.25, 0.3) is 5.56 Å². The Morgan fingerprint density at radius 2 is 2.00 bits per heavy atom. The van der Waals surface area contributed by atoms with Crippen LogP contribution in [0.15, 0.2) is 47.4 Å². The highest BCUT2D eigenvalue weighted by Gasteiger charge is 2.16. The van der Waals surface area contributed by atoms with Crippen LogP contribution < -0.4 is 11.3 Å². The van der Waals surface area contributed by atoms with Crippen molar-refractivity contribution in [3.05, 3.63) is 64.1 Å². The van der Waals surface area contributed by atoms with Crippen LogP contribution in [0.1, 0.15) is 41.6 Å². The summed E-state index contributed by atoms with van der Waals surface area (Å²) >= 11 is 0. The Hall–Kier alpha value is -2.62. The Morgan fingerprint density at radius 3 is 2.68 bits per heavy atom. The Labute approximate surface area is 128 Å². The maximum atomic E-state index is 12.0. The van der Waals surface area contributed by atoms with E-state index in [0.717, 1.165) is 36.0 Å². The smallest absolute Gasteiger partial charge is 0.255 e. The van der Waals surface area contributed by atoms with Crippen LogP contribution in [0.25, 0.3) is 16.7 Å². The number of hydrogen-bond donors (Lipinski definition) is 2. The van der Waals surface area contributed by atoms with E-state index in [1.165, 1.54) is 6.42 Å². The Morgan fingerprint density at radius 1 is 1.14 bits per heavy atom. The number of pyridine rings is 1. The molecule has 4 nitrogen and oxygen atoms in total. The zero-order chi connectivity index (χ0) is 15.5. The number of nitrogens with two attached hydrogens (primary N) is 1. The lowest BCUT2D eigenvalue weighted by atomic mass is 9.88. The number of H-pyrrole nitrogens is 1. The van der Waals surface area contributed by atoms with Crippen molar-refractivity contribution in [3.63, 3.8) is 0 Å². The van der Waals surface area contributed by atoms with Gasteiger partial charge in [-0.2, -0.15) is 0 Å². The molecule has 1 amide bonds. The minimum absolute atomic E-state index is 0.141. The van der Waals surface area contributed by atoms with Gasteiger partial charge in [-0.05, 0) is 66.6 Å². The molecule has 22 heavy (non-hydrogen) atoms. The van der Waals surface area contributed by atoms with Gasteiger partial charge in [0.05, 0.1) is 0 Å². The molecule has 0 saturated heterocycles. The summed E-state index contributed by atoms with van der Waals surface area (Å²) in [4.78, 5) is 26.3. The number of carbonyl (C=O) groups excluding carboxylic acids is 1. The third-order valence-corrected chi connectivity index (χ3v) is 4.05. The van der Waals surface area contributed by atoms with E-state index >= 15 is 0 Å². The molecule has 0 unspecified atom stereocenters. The van der Waals surface area contributed by atoms with Gasteiger partial charge < -0.3 is 10.7 Å². The van der Waals surface area contributed by atoms with E-state index in [0.29, 0.717) is 11.1 Å². The van der Waals surface area contributed by atoms with Crippen molar-refractivity contribution >= 4 is 11.5 Å². The van der Waals surface area contributed by atoms with E-state index in [4.69, 9.17) is 5.73 Å². The molecule has 0 atom stereocenters. The number of rotatable bonds is 3. The summed E-state index contributed by atoms with van der Waals surface area (Å²) in [6, 6.07) is 8.96. The van der Waals surface area contributed by atoms with Gasteiger partial charge in [-0.3, -0.25) is 9.59 Å². The number of nitrogens with one attached hydrogen (secondary N) is 1. The summed E-state index contributed by atoms with van der Waals surface area (Å²) in [5.41, 5.74) is 9.28. The second kappa shape index (κ2) is 6.02. The van der Waals surface area contributed by atoms with Crippen LogP contribution >= 0.6 is 0 Å². The molecule has 0 aliphatic heterocycles. The molecule has 0 spiro atoms. The van der Waals surface area contributed by atoms with Crippen molar-refractivity contribution in [3.8, 4) is 11.1 Å². The van der Waals surface area contributed by atoms with E-state index in [1.807, 2.05) is 6.07 Å². The van der Waals surface area contributed by atoms with Gasteiger partial charge in [-0.25, -0.2) is 0 Å². The van der Waals surface area contributed by atoms with Gasteiger partial charge in [0.15, 0.2) is 0 Å². The first kappa shape index (κ1) is 14.3. The first-order chi connectivity index (χ1) is 10.7. The van der Waals surface area contributed by atoms with Crippen LogP contribution in [0.3, 0.4) is 0 Å². The Balaban J connectivity index is 2.16. The standard InChI is InChI=1S/C18H18N2O2/c19-17(21)15-9-8-13(14-7-4-10-20-18(14)22)11-16(15)12-5-2-1-3-6-12/h4-5,7-11H,1-3,6H2,(H2,19,21)(H,20,22). The number of primary amides is 1. The lowest BCUT2D eigenvalue weighted by Crippen LogP contribution is -2.14. The van der Waals surface area contributed by atoms with Crippen molar-refractivity contribution in [2.75, 3.05) is 0 Å². The number of hydrogen-bond acceptors (Lipinski definition) is 2. The molecular weight excluding hydrogens is 276 g/mol. The number of aromatic nitrogens is 1. The maximum Gasteiger partial charge on any atom is 0.255 e. The predicted octanol–water partition coefficient (Wildman–Crippen LogP) is 3.10. The van der Waals surface area contributed by atoms with Crippen molar-refractivity contribution in [1.29, 1.82) is 0 Å². The molecule has 0 fully saturated rings. The fraction of sp³-hybridized carbons (Fsp3) is 0.222. The van der Waals surface area contributed by atoms with E-state index < -0.39 is 5.91 Å². The van der Waals surface area contributed by atoms with Gasteiger partial charge in [-0.15, -0.1) is 0 Å². The first-order valence-electron chi connectivity index (χ1n) is 7.48. The summed E-state index contributed by atoms with van der Waals surface area (Å²) < 4.78 is 0. The van der Waals surface area contributed by atoms with E-state index in [9.17, 15) is 9.59 Å². The number of aromatic amines is 1. The number of carbonyl (C=O) groups is 1. The quantitative estimate of drug-likeness (QED) is 0.912. The van der Waals surface area contributed by atoms with Gasteiger partial charge in [0.2, 0.25) is 5.91 Å². The lowest BCUT2D eigenvalue weighted by molar-refractivity contribution is 0.1000. The van der Waals surface area contributed by atoms with E-state index in [-0.39, 0.29) is 5.56 Å². The Kier molecular flexibility index (Phi) is 3.92. The molecule has 0 saturated carbocycles. The van der Waals surface area contributed by atoms with Crippen molar-refractivity contribution < 1.29 is 4.79 Å². The highest BCUT2D eigenvalue weighted by atomic mass is 16.1. The zero-order valence-corrected chi connectivity index (χ0v) is 12.3. The second-order valence-corrected chi connectivity index (χ2v) is 5.51. The summed E-state index contributed by atoms with van der Waals surface area (Å²) in [6.45, 7) is 0. The summed E-state index contributed by atoms with van der Waals surface area (Å²) in [7, 11) is 0. The summed E-state index contributed by atoms with van der Waals surface area (Å²) in [5, 5.41) is 0.